The van der Waals surface area contributed by atoms with E-state index in [1.807, 2.05) is 36.4 Å². The summed E-state index contributed by atoms with van der Waals surface area (Å²) in [5.41, 5.74) is 2.89. The molecule has 1 atom stereocenters. The number of aliphatic hydroxyl groups is 1. The van der Waals surface area contributed by atoms with Gasteiger partial charge in [0.1, 0.15) is 11.3 Å². The highest BCUT2D eigenvalue weighted by molar-refractivity contribution is 8.00. The lowest BCUT2D eigenvalue weighted by Crippen LogP contribution is -2.29. The van der Waals surface area contributed by atoms with Gasteiger partial charge in [0, 0.05) is 11.9 Å². The number of thioether (sulfide) groups is 1. The summed E-state index contributed by atoms with van der Waals surface area (Å²) < 4.78 is 2.30. The summed E-state index contributed by atoms with van der Waals surface area (Å²) in [4.78, 5) is 32.9. The van der Waals surface area contributed by atoms with E-state index in [0.29, 0.717) is 37.7 Å². The smallest absolute Gasteiger partial charge is 0.301 e. The Morgan fingerprint density at radius 2 is 1.80 bits per heavy atom. The van der Waals surface area contributed by atoms with Crippen LogP contribution in [0.3, 0.4) is 0 Å². The molecule has 0 saturated carbocycles. The number of imidazole rings is 1. The van der Waals surface area contributed by atoms with Gasteiger partial charge in [-0.05, 0) is 42.3 Å². The van der Waals surface area contributed by atoms with Crippen LogP contribution in [0, 0.1) is 6.92 Å². The minimum Gasteiger partial charge on any atom is -0.505 e. The number of carbonyl (C=O) groups is 2. The summed E-state index contributed by atoms with van der Waals surface area (Å²) >= 11 is 15.2. The molecule has 3 aromatic heterocycles. The number of aromatic nitrogens is 4. The lowest BCUT2D eigenvalue weighted by Gasteiger charge is -2.22. The van der Waals surface area contributed by atoms with Crippen LogP contribution in [0.5, 0.6) is 0 Å². The highest BCUT2D eigenvalue weighted by atomic mass is 35.5. The number of pyridine rings is 1. The highest BCUT2D eigenvalue weighted by Gasteiger charge is 2.49. The van der Waals surface area contributed by atoms with Crippen LogP contribution in [-0.4, -0.2) is 36.4 Å². The Morgan fingerprint density at radius 3 is 2.58 bits per heavy atom. The lowest BCUT2D eigenvalue weighted by molar-refractivity contribution is -0.132. The van der Waals surface area contributed by atoms with Crippen molar-refractivity contribution in [2.24, 2.45) is 0 Å². The van der Waals surface area contributed by atoms with Gasteiger partial charge in [0.25, 0.3) is 5.78 Å². The number of benzene rings is 2. The molecule has 5 aromatic rings. The van der Waals surface area contributed by atoms with Gasteiger partial charge in [-0.2, -0.15) is 0 Å². The highest BCUT2D eigenvalue weighted by Crippen LogP contribution is 2.45. The number of amides is 1. The maximum atomic E-state index is 13.6. The molecule has 0 aliphatic carbocycles. The number of carbonyl (C=O) groups excluding carboxylic acids is 2. The molecule has 1 aliphatic rings. The number of aliphatic hydroxyl groups excluding tert-OH is 1. The molecule has 2 aromatic carbocycles. The topological polar surface area (TPSA) is 101 Å². The van der Waals surface area contributed by atoms with E-state index in [9.17, 15) is 14.7 Å². The van der Waals surface area contributed by atoms with Gasteiger partial charge in [0.2, 0.25) is 5.13 Å². The first-order chi connectivity index (χ1) is 19.3. The minimum atomic E-state index is -1.02. The van der Waals surface area contributed by atoms with Crippen molar-refractivity contribution in [2.75, 3.05) is 4.90 Å². The number of nitrogens with zero attached hydrogens (tertiary/aromatic N) is 5. The van der Waals surface area contributed by atoms with Crippen molar-refractivity contribution >= 4 is 74.5 Å². The van der Waals surface area contributed by atoms with Crippen molar-refractivity contribution in [1.29, 1.82) is 0 Å². The molecule has 6 rings (SSSR count). The molecule has 1 unspecified atom stereocenters. The second-order valence-electron chi connectivity index (χ2n) is 8.94. The molecule has 0 bridgehead atoms. The van der Waals surface area contributed by atoms with Gasteiger partial charge in [-0.15, -0.1) is 10.2 Å². The summed E-state index contributed by atoms with van der Waals surface area (Å²) in [6, 6.07) is 19.1. The number of ketones is 1. The molecule has 40 heavy (non-hydrogen) atoms. The van der Waals surface area contributed by atoms with Crippen molar-refractivity contribution in [3.05, 3.63) is 111 Å². The Hall–Kier alpha value is -3.70. The first-order valence-electron chi connectivity index (χ1n) is 12.0. The maximum Gasteiger partial charge on any atom is 0.301 e. The molecule has 1 saturated heterocycles. The Balaban J connectivity index is 1.47. The zero-order chi connectivity index (χ0) is 28.0. The second kappa shape index (κ2) is 10.7. The van der Waals surface area contributed by atoms with Crippen molar-refractivity contribution < 1.29 is 14.7 Å². The molecular formula is C28H19Cl2N5O3S2. The van der Waals surface area contributed by atoms with E-state index >= 15 is 0 Å². The third-order valence-electron chi connectivity index (χ3n) is 6.44. The van der Waals surface area contributed by atoms with Crippen molar-refractivity contribution in [3.63, 3.8) is 0 Å². The zero-order valence-electron chi connectivity index (χ0n) is 20.8. The van der Waals surface area contributed by atoms with Crippen LogP contribution in [0.2, 0.25) is 10.0 Å². The third kappa shape index (κ3) is 4.66. The first-order valence-corrected chi connectivity index (χ1v) is 14.6. The molecule has 1 amide bonds. The average Bonchev–Trinajstić information content (AvgIpc) is 3.63. The molecule has 0 radical (unpaired) electrons. The minimum absolute atomic E-state index is 0.106. The number of Topliss-reactive ketones (excluding diaryl/α,β-unsaturated/α-hetero) is 1. The number of anilines is 1. The van der Waals surface area contributed by atoms with E-state index in [1.54, 1.807) is 47.9 Å². The molecular weight excluding hydrogens is 589 g/mol. The van der Waals surface area contributed by atoms with Crippen molar-refractivity contribution in [1.82, 2.24) is 19.6 Å². The van der Waals surface area contributed by atoms with Crippen LogP contribution >= 0.6 is 46.3 Å². The van der Waals surface area contributed by atoms with Crippen LogP contribution in [-0.2, 0) is 15.3 Å². The lowest BCUT2D eigenvalue weighted by atomic mass is 9.96. The van der Waals surface area contributed by atoms with Crippen LogP contribution in [0.15, 0.2) is 82.8 Å². The van der Waals surface area contributed by atoms with E-state index in [1.165, 1.54) is 28.0 Å². The molecule has 1 N–H and O–H groups in total. The summed E-state index contributed by atoms with van der Waals surface area (Å²) in [7, 11) is 0. The maximum absolute atomic E-state index is 13.6. The summed E-state index contributed by atoms with van der Waals surface area (Å²) in [6.45, 7) is 1.73. The number of hydrogen-bond acceptors (Lipinski definition) is 8. The fourth-order valence-electron chi connectivity index (χ4n) is 4.63. The molecule has 1 fully saturated rings. The van der Waals surface area contributed by atoms with E-state index < -0.39 is 17.7 Å². The average molecular weight is 609 g/mol. The first kappa shape index (κ1) is 26.5. The van der Waals surface area contributed by atoms with Crippen LogP contribution < -0.4 is 4.90 Å². The van der Waals surface area contributed by atoms with Crippen LogP contribution in [0.25, 0.3) is 11.4 Å². The predicted octanol–water partition coefficient (Wildman–Crippen LogP) is 6.72. The number of hydrogen-bond donors (Lipinski definition) is 1. The van der Waals surface area contributed by atoms with Crippen molar-refractivity contribution in [3.8, 4) is 0 Å². The van der Waals surface area contributed by atoms with E-state index in [4.69, 9.17) is 23.2 Å². The molecule has 0 spiro atoms. The van der Waals surface area contributed by atoms with E-state index in [0.717, 1.165) is 5.56 Å². The molecule has 4 heterocycles. The Morgan fingerprint density at radius 1 is 1.02 bits per heavy atom. The summed E-state index contributed by atoms with van der Waals surface area (Å²) in [5, 5.41) is 20.9. The standard InChI is InChI=1S/C28H19Cl2N5O3S2/c1-15-22(34-12-6-5-9-20(34)31-15)24(36)21-23(17-10-11-18(29)19(30)13-17)35(26(38)25(21)37)27-32-33-28(40-27)39-14-16-7-3-2-4-8-16/h2-13,23,36H,14H2,1H3/b24-21+. The third-order valence-corrected chi connectivity index (χ3v) is 9.31. The van der Waals surface area contributed by atoms with E-state index in [-0.39, 0.29) is 21.5 Å². The normalized spacial score (nSPS) is 16.8. The summed E-state index contributed by atoms with van der Waals surface area (Å²) in [5.74, 6) is -1.37. The van der Waals surface area contributed by atoms with Gasteiger partial charge in [-0.3, -0.25) is 18.9 Å². The van der Waals surface area contributed by atoms with Crippen LogP contribution in [0.4, 0.5) is 5.13 Å². The molecule has 1 aliphatic heterocycles. The Labute approximate surface area is 246 Å². The Bertz CT molecular complexity index is 1820. The zero-order valence-corrected chi connectivity index (χ0v) is 23.9. The van der Waals surface area contributed by atoms with Gasteiger partial charge in [-0.1, -0.05) is 88.8 Å². The van der Waals surface area contributed by atoms with Gasteiger partial charge in [0.05, 0.1) is 27.4 Å². The monoisotopic (exact) mass is 607 g/mol. The largest absolute Gasteiger partial charge is 0.505 e. The molecule has 200 valence electrons. The van der Waals surface area contributed by atoms with Gasteiger partial charge < -0.3 is 5.11 Å². The predicted molar refractivity (Wildman–Crippen MR) is 157 cm³/mol. The van der Waals surface area contributed by atoms with E-state index in [2.05, 4.69) is 15.2 Å². The SMILES string of the molecule is Cc1nc2ccccn2c1/C(O)=C1\C(=O)C(=O)N(c2nnc(SCc3ccccc3)s2)C1c1ccc(Cl)c(Cl)c1. The van der Waals surface area contributed by atoms with Gasteiger partial charge in [0.15, 0.2) is 10.1 Å². The van der Waals surface area contributed by atoms with Crippen LogP contribution in [0.1, 0.15) is 28.6 Å². The molecule has 8 nitrogen and oxygen atoms in total. The fraction of sp³-hybridized carbons (Fsp3) is 0.107. The van der Waals surface area contributed by atoms with Gasteiger partial charge in [-0.25, -0.2) is 4.98 Å². The summed E-state index contributed by atoms with van der Waals surface area (Å²) in [6.07, 6.45) is 1.73. The molecule has 12 heteroatoms. The van der Waals surface area contributed by atoms with Gasteiger partial charge >= 0.3 is 5.91 Å². The fourth-order valence-corrected chi connectivity index (χ4v) is 6.76. The quantitative estimate of drug-likeness (QED) is 0.0751. The number of halogens is 2. The number of fused-ring (bicyclic) bond motifs is 1. The van der Waals surface area contributed by atoms with Crippen molar-refractivity contribution in [2.45, 2.75) is 23.1 Å². The second-order valence-corrected chi connectivity index (χ2v) is 11.9. The number of aryl methyl sites for hydroxylation is 1. The number of rotatable bonds is 6. The Kier molecular flexibility index (Phi) is 7.09.